The number of carbonyl (C=O) groups is 2. The molecular formula is C21H18ClFN4O6S2. The lowest BCUT2D eigenvalue weighted by molar-refractivity contribution is -0.139. The van der Waals surface area contributed by atoms with Crippen molar-refractivity contribution in [3.05, 3.63) is 62.5 Å². The van der Waals surface area contributed by atoms with Gasteiger partial charge in [-0.05, 0) is 19.1 Å². The monoisotopic (exact) mass is 540 g/mol. The lowest BCUT2D eigenvalue weighted by Gasteiger charge is -2.31. The summed E-state index contributed by atoms with van der Waals surface area (Å²) in [5, 5.41) is 11.1. The Morgan fingerprint density at radius 1 is 1.40 bits per heavy atom. The lowest BCUT2D eigenvalue weighted by atomic mass is 9.94. The first-order valence-electron chi connectivity index (χ1n) is 10.2. The molecule has 2 aliphatic heterocycles. The summed E-state index contributed by atoms with van der Waals surface area (Å²) in [5.74, 6) is -3.62. The highest BCUT2D eigenvalue weighted by Crippen LogP contribution is 2.42. The average molecular weight is 541 g/mol. The number of halogens is 2. The minimum atomic E-state index is -4.30. The molecule has 0 aliphatic carbocycles. The van der Waals surface area contributed by atoms with Crippen molar-refractivity contribution < 1.29 is 32.2 Å². The molecule has 0 saturated carbocycles. The second-order valence-corrected chi connectivity index (χ2v) is 10.4. The van der Waals surface area contributed by atoms with Crippen molar-refractivity contribution in [3.63, 3.8) is 0 Å². The number of hydrogen-bond donors (Lipinski definition) is 1. The van der Waals surface area contributed by atoms with E-state index in [0.717, 1.165) is 6.07 Å². The van der Waals surface area contributed by atoms with Crippen molar-refractivity contribution in [2.24, 2.45) is 9.39 Å². The van der Waals surface area contributed by atoms with Gasteiger partial charge < -0.3 is 14.7 Å². The number of fused-ring (bicyclic) bond motifs is 1. The molecule has 1 atom stereocenters. The third kappa shape index (κ3) is 5.26. The number of aliphatic carboxylic acids is 1. The summed E-state index contributed by atoms with van der Waals surface area (Å²) < 4.78 is 47.1. The number of carboxylic acids is 1. The van der Waals surface area contributed by atoms with Gasteiger partial charge in [0.25, 0.3) is 10.0 Å². The van der Waals surface area contributed by atoms with Gasteiger partial charge in [0.1, 0.15) is 11.9 Å². The van der Waals surface area contributed by atoms with Crippen LogP contribution in [-0.2, 0) is 24.3 Å². The fourth-order valence-electron chi connectivity index (χ4n) is 3.82. The van der Waals surface area contributed by atoms with Crippen LogP contribution in [0.4, 0.5) is 4.39 Å². The summed E-state index contributed by atoms with van der Waals surface area (Å²) in [6.07, 6.45) is 1.49. The number of rotatable bonds is 7. The maximum absolute atomic E-state index is 13.8. The maximum Gasteiger partial charge on any atom is 0.338 e. The van der Waals surface area contributed by atoms with Crippen molar-refractivity contribution in [3.8, 4) is 0 Å². The predicted octanol–water partition coefficient (Wildman–Crippen LogP) is 2.82. The Morgan fingerprint density at radius 2 is 2.17 bits per heavy atom. The first-order valence-corrected chi connectivity index (χ1v) is 13.1. The SMILES string of the molecule is CCOC(=O)C1=C2CC(=NS(=O)(=O)CC(=O)O)CN2C(c2nccs2)=N[C@H]1c1ccc(F)cc1Cl. The van der Waals surface area contributed by atoms with Crippen LogP contribution in [0.5, 0.6) is 0 Å². The van der Waals surface area contributed by atoms with Gasteiger partial charge in [-0.2, -0.15) is 4.40 Å². The van der Waals surface area contributed by atoms with Gasteiger partial charge in [0.05, 0.1) is 24.4 Å². The number of hydrogen-bond acceptors (Lipinski definition) is 9. The Bertz CT molecular complexity index is 1390. The summed E-state index contributed by atoms with van der Waals surface area (Å²) in [4.78, 5) is 34.6. The Morgan fingerprint density at radius 3 is 2.80 bits per heavy atom. The number of nitrogens with zero attached hydrogens (tertiary/aromatic N) is 4. The molecule has 1 aromatic heterocycles. The van der Waals surface area contributed by atoms with Crippen LogP contribution in [0, 0.1) is 5.82 Å². The molecule has 14 heteroatoms. The van der Waals surface area contributed by atoms with E-state index in [1.807, 2.05) is 0 Å². The van der Waals surface area contributed by atoms with Crippen molar-refractivity contribution in [2.75, 3.05) is 18.9 Å². The molecule has 1 aromatic carbocycles. The Labute approximate surface area is 208 Å². The number of amidine groups is 1. The lowest BCUT2D eigenvalue weighted by Crippen LogP contribution is -2.35. The van der Waals surface area contributed by atoms with E-state index >= 15 is 0 Å². The molecule has 1 N–H and O–H groups in total. The zero-order valence-corrected chi connectivity index (χ0v) is 20.5. The summed E-state index contributed by atoms with van der Waals surface area (Å²) in [5.41, 5.74) is 0.944. The van der Waals surface area contributed by atoms with Crippen molar-refractivity contribution in [1.29, 1.82) is 0 Å². The molecule has 0 spiro atoms. The van der Waals surface area contributed by atoms with Gasteiger partial charge >= 0.3 is 11.9 Å². The number of thiazole rings is 1. The number of sulfonamides is 1. The number of aliphatic imine (C=N–C) groups is 1. The molecule has 2 aliphatic rings. The van der Waals surface area contributed by atoms with E-state index in [-0.39, 0.29) is 35.9 Å². The molecule has 0 amide bonds. The highest BCUT2D eigenvalue weighted by Gasteiger charge is 2.42. The van der Waals surface area contributed by atoms with Gasteiger partial charge in [0, 0.05) is 34.3 Å². The van der Waals surface area contributed by atoms with Crippen molar-refractivity contribution in [2.45, 2.75) is 19.4 Å². The molecule has 4 rings (SSSR count). The highest BCUT2D eigenvalue weighted by molar-refractivity contribution is 7.90. The second-order valence-electron chi connectivity index (χ2n) is 7.48. The van der Waals surface area contributed by atoms with Gasteiger partial charge in [-0.1, -0.05) is 17.7 Å². The summed E-state index contributed by atoms with van der Waals surface area (Å²) in [6, 6.07) is 2.74. The molecule has 2 aromatic rings. The molecule has 1 saturated heterocycles. The van der Waals surface area contributed by atoms with Crippen LogP contribution < -0.4 is 0 Å². The Balaban J connectivity index is 1.90. The summed E-state index contributed by atoms with van der Waals surface area (Å²) in [7, 11) is -4.30. The number of carboxylic acid groups (broad SMARTS) is 1. The molecule has 10 nitrogen and oxygen atoms in total. The van der Waals surface area contributed by atoms with E-state index in [4.69, 9.17) is 26.4 Å². The third-order valence-corrected chi connectivity index (χ3v) is 7.32. The molecule has 1 fully saturated rings. The van der Waals surface area contributed by atoms with Gasteiger partial charge in [0.2, 0.25) is 0 Å². The van der Waals surface area contributed by atoms with E-state index < -0.39 is 39.6 Å². The normalized spacial score (nSPS) is 19.1. The highest BCUT2D eigenvalue weighted by atomic mass is 35.5. The molecule has 184 valence electrons. The number of ether oxygens (including phenoxy) is 1. The zero-order valence-electron chi connectivity index (χ0n) is 18.1. The second kappa shape index (κ2) is 9.84. The molecular weight excluding hydrogens is 523 g/mol. The van der Waals surface area contributed by atoms with E-state index in [0.29, 0.717) is 22.1 Å². The minimum absolute atomic E-state index is 0.0454. The van der Waals surface area contributed by atoms with E-state index in [2.05, 4.69) is 9.38 Å². The van der Waals surface area contributed by atoms with Crippen molar-refractivity contribution >= 4 is 56.4 Å². The van der Waals surface area contributed by atoms with Gasteiger partial charge in [-0.15, -0.1) is 11.3 Å². The standard InChI is InChI=1S/C21H18ClFN4O6S2/c1-2-33-21(30)17-15-8-12(26-35(31,32)10-16(28)29)9-27(15)19(20-24-5-6-34-20)25-18(17)13-4-3-11(23)7-14(13)22/h3-7,18H,2,8-10H2,1H3,(H,28,29)/t18-/m0/s1. The first-order chi connectivity index (χ1) is 16.6. The number of benzene rings is 1. The largest absolute Gasteiger partial charge is 0.480 e. The van der Waals surface area contributed by atoms with Crippen LogP contribution in [0.15, 0.2) is 50.4 Å². The first kappa shape index (κ1) is 24.9. The summed E-state index contributed by atoms with van der Waals surface area (Å²) in [6.45, 7) is 1.64. The maximum atomic E-state index is 13.8. The van der Waals surface area contributed by atoms with Gasteiger partial charge in [-0.25, -0.2) is 22.6 Å². The van der Waals surface area contributed by atoms with Crippen LogP contribution >= 0.6 is 22.9 Å². The average Bonchev–Trinajstić information content (AvgIpc) is 3.41. The van der Waals surface area contributed by atoms with Crippen LogP contribution in [0.1, 0.15) is 30.0 Å². The fraction of sp³-hybridized carbons (Fsp3) is 0.286. The minimum Gasteiger partial charge on any atom is -0.480 e. The van der Waals surface area contributed by atoms with Gasteiger partial charge in [-0.3, -0.25) is 9.79 Å². The molecule has 0 radical (unpaired) electrons. The molecule has 0 bridgehead atoms. The third-order valence-electron chi connectivity index (χ3n) is 5.08. The quantitative estimate of drug-likeness (QED) is 0.529. The Hall–Kier alpha value is -3.16. The smallest absolute Gasteiger partial charge is 0.338 e. The zero-order chi connectivity index (χ0) is 25.3. The van der Waals surface area contributed by atoms with Gasteiger partial charge in [0.15, 0.2) is 16.6 Å². The number of esters is 1. The van der Waals surface area contributed by atoms with E-state index in [1.54, 1.807) is 23.4 Å². The van der Waals surface area contributed by atoms with E-state index in [9.17, 15) is 22.4 Å². The van der Waals surface area contributed by atoms with E-state index in [1.165, 1.54) is 23.5 Å². The van der Waals surface area contributed by atoms with Crippen LogP contribution in [0.3, 0.4) is 0 Å². The molecule has 0 unspecified atom stereocenters. The Kier molecular flexibility index (Phi) is 7.01. The number of carbonyl (C=O) groups excluding carboxylic acids is 1. The molecule has 35 heavy (non-hydrogen) atoms. The van der Waals surface area contributed by atoms with Crippen LogP contribution in [0.25, 0.3) is 0 Å². The predicted molar refractivity (Wildman–Crippen MR) is 127 cm³/mol. The van der Waals surface area contributed by atoms with Crippen LogP contribution in [0.2, 0.25) is 5.02 Å². The number of allylic oxidation sites excluding steroid dienone is 1. The fourth-order valence-corrected chi connectivity index (χ4v) is 5.62. The van der Waals surface area contributed by atoms with Crippen molar-refractivity contribution in [1.82, 2.24) is 9.88 Å². The summed E-state index contributed by atoms with van der Waals surface area (Å²) >= 11 is 7.59. The topological polar surface area (TPSA) is 139 Å². The van der Waals surface area contributed by atoms with Crippen LogP contribution in [-0.4, -0.2) is 65.8 Å². The number of aromatic nitrogens is 1. The molecule has 3 heterocycles.